The molecule has 0 aliphatic heterocycles. The van der Waals surface area contributed by atoms with E-state index in [1.54, 1.807) is 24.8 Å². The van der Waals surface area contributed by atoms with Gasteiger partial charge in [-0.15, -0.1) is 0 Å². The molecule has 4 aromatic rings. The molecule has 0 radical (unpaired) electrons. The number of rotatable bonds is 2. The van der Waals surface area contributed by atoms with Crippen LogP contribution in [0.25, 0.3) is 33.5 Å². The van der Waals surface area contributed by atoms with E-state index in [0.717, 1.165) is 33.5 Å². The number of hydrogen-bond acceptors (Lipinski definition) is 4. The second kappa shape index (κ2) is 4.79. The van der Waals surface area contributed by atoms with E-state index in [4.69, 9.17) is 4.98 Å². The number of pyridine rings is 2. The normalized spacial score (nSPS) is 10.9. The van der Waals surface area contributed by atoms with Crippen molar-refractivity contribution in [3.8, 4) is 22.4 Å². The monoisotopic (exact) mass is 273 g/mol. The van der Waals surface area contributed by atoms with Crippen molar-refractivity contribution in [2.75, 3.05) is 0 Å². The van der Waals surface area contributed by atoms with Crippen molar-refractivity contribution < 1.29 is 0 Å². The maximum Gasteiger partial charge on any atom is 0.156 e. The molecule has 5 heteroatoms. The zero-order chi connectivity index (χ0) is 14.1. The lowest BCUT2D eigenvalue weighted by Crippen LogP contribution is -1.88. The lowest BCUT2D eigenvalue weighted by atomic mass is 10.1. The summed E-state index contributed by atoms with van der Waals surface area (Å²) in [5.41, 5.74) is 5.46. The van der Waals surface area contributed by atoms with Crippen LogP contribution in [0, 0.1) is 0 Å². The highest BCUT2D eigenvalue weighted by Gasteiger charge is 2.10. The molecule has 0 aromatic carbocycles. The Morgan fingerprint density at radius 2 is 1.76 bits per heavy atom. The molecule has 100 valence electrons. The van der Waals surface area contributed by atoms with Gasteiger partial charge < -0.3 is 4.98 Å². The molecule has 0 amide bonds. The predicted octanol–water partition coefficient (Wildman–Crippen LogP) is 3.08. The Hall–Kier alpha value is -3.08. The van der Waals surface area contributed by atoms with Gasteiger partial charge in [-0.25, -0.2) is 9.97 Å². The van der Waals surface area contributed by atoms with E-state index in [1.807, 2.05) is 36.7 Å². The van der Waals surface area contributed by atoms with E-state index < -0.39 is 0 Å². The van der Waals surface area contributed by atoms with Gasteiger partial charge in [-0.2, -0.15) is 0 Å². The van der Waals surface area contributed by atoms with Crippen molar-refractivity contribution in [1.29, 1.82) is 0 Å². The maximum atomic E-state index is 4.73. The highest BCUT2D eigenvalue weighted by atomic mass is 14.9. The molecule has 0 atom stereocenters. The van der Waals surface area contributed by atoms with Gasteiger partial charge in [0.2, 0.25) is 0 Å². The standard InChI is InChI=1S/C16H11N5/c1-2-12(8-18-5-1)13-9-19-16-15(13)21-14(10-20-16)11-3-6-17-7-4-11/h1-10H,(H,19,20). The number of aromatic amines is 1. The first-order chi connectivity index (χ1) is 10.4. The average Bonchev–Trinajstić information content (AvgIpc) is 2.99. The summed E-state index contributed by atoms with van der Waals surface area (Å²) in [7, 11) is 0. The molecule has 1 N–H and O–H groups in total. The van der Waals surface area contributed by atoms with Gasteiger partial charge in [0.05, 0.1) is 11.9 Å². The first-order valence-corrected chi connectivity index (χ1v) is 6.57. The number of H-pyrrole nitrogens is 1. The zero-order valence-corrected chi connectivity index (χ0v) is 11.1. The molecular weight excluding hydrogens is 262 g/mol. The van der Waals surface area contributed by atoms with Gasteiger partial charge in [-0.05, 0) is 18.2 Å². The third-order valence-corrected chi connectivity index (χ3v) is 3.33. The summed E-state index contributed by atoms with van der Waals surface area (Å²) in [5, 5.41) is 0. The molecule has 0 aliphatic carbocycles. The van der Waals surface area contributed by atoms with E-state index in [1.165, 1.54) is 0 Å². The van der Waals surface area contributed by atoms with E-state index in [9.17, 15) is 0 Å². The minimum Gasteiger partial charge on any atom is -0.344 e. The molecule has 4 aromatic heterocycles. The van der Waals surface area contributed by atoms with Gasteiger partial charge in [0.15, 0.2) is 5.65 Å². The van der Waals surface area contributed by atoms with Crippen LogP contribution in [0.5, 0.6) is 0 Å². The fraction of sp³-hybridized carbons (Fsp3) is 0. The van der Waals surface area contributed by atoms with Gasteiger partial charge in [-0.1, -0.05) is 6.07 Å². The summed E-state index contributed by atoms with van der Waals surface area (Å²) in [5.74, 6) is 0. The smallest absolute Gasteiger partial charge is 0.156 e. The zero-order valence-electron chi connectivity index (χ0n) is 11.1. The SMILES string of the molecule is c1cncc(-c2c[nH]c3ncc(-c4ccncc4)nc23)c1. The summed E-state index contributed by atoms with van der Waals surface area (Å²) in [6, 6.07) is 7.77. The predicted molar refractivity (Wildman–Crippen MR) is 80.4 cm³/mol. The van der Waals surface area contributed by atoms with Crippen LogP contribution in [0.3, 0.4) is 0 Å². The molecule has 0 bridgehead atoms. The second-order valence-electron chi connectivity index (χ2n) is 4.63. The van der Waals surface area contributed by atoms with E-state index in [2.05, 4.69) is 19.9 Å². The van der Waals surface area contributed by atoms with Crippen LogP contribution in [0.1, 0.15) is 0 Å². The van der Waals surface area contributed by atoms with Crippen LogP contribution in [0.4, 0.5) is 0 Å². The number of nitrogens with one attached hydrogen (secondary N) is 1. The van der Waals surface area contributed by atoms with Crippen molar-refractivity contribution >= 4 is 11.2 Å². The van der Waals surface area contributed by atoms with Crippen molar-refractivity contribution in [3.63, 3.8) is 0 Å². The molecule has 0 saturated heterocycles. The maximum absolute atomic E-state index is 4.73. The van der Waals surface area contributed by atoms with Crippen molar-refractivity contribution in [1.82, 2.24) is 24.9 Å². The minimum absolute atomic E-state index is 0.770. The van der Waals surface area contributed by atoms with Crippen LogP contribution >= 0.6 is 0 Å². The number of fused-ring (bicyclic) bond motifs is 1. The highest BCUT2D eigenvalue weighted by Crippen LogP contribution is 2.27. The minimum atomic E-state index is 0.770. The van der Waals surface area contributed by atoms with Gasteiger partial charge >= 0.3 is 0 Å². The number of hydrogen-bond donors (Lipinski definition) is 1. The Bertz CT molecular complexity index is 884. The molecule has 0 fully saturated rings. The third-order valence-electron chi connectivity index (χ3n) is 3.33. The van der Waals surface area contributed by atoms with Crippen LogP contribution in [-0.4, -0.2) is 24.9 Å². The Morgan fingerprint density at radius 3 is 2.57 bits per heavy atom. The first-order valence-electron chi connectivity index (χ1n) is 6.57. The van der Waals surface area contributed by atoms with E-state index in [-0.39, 0.29) is 0 Å². The van der Waals surface area contributed by atoms with Crippen molar-refractivity contribution in [2.45, 2.75) is 0 Å². The molecule has 5 nitrogen and oxygen atoms in total. The molecule has 0 unspecified atom stereocenters. The summed E-state index contributed by atoms with van der Waals surface area (Å²) in [6.45, 7) is 0. The largest absolute Gasteiger partial charge is 0.344 e. The third kappa shape index (κ3) is 2.04. The molecule has 0 saturated carbocycles. The molecular formula is C16H11N5. The van der Waals surface area contributed by atoms with Crippen LogP contribution in [0.2, 0.25) is 0 Å². The Morgan fingerprint density at radius 1 is 0.857 bits per heavy atom. The first kappa shape index (κ1) is 11.7. The Kier molecular flexibility index (Phi) is 2.67. The summed E-state index contributed by atoms with van der Waals surface area (Å²) < 4.78 is 0. The average molecular weight is 273 g/mol. The summed E-state index contributed by atoms with van der Waals surface area (Å²) >= 11 is 0. The lowest BCUT2D eigenvalue weighted by Gasteiger charge is -2.01. The summed E-state index contributed by atoms with van der Waals surface area (Å²) in [4.78, 5) is 20.5. The van der Waals surface area contributed by atoms with Crippen LogP contribution in [0.15, 0.2) is 61.4 Å². The van der Waals surface area contributed by atoms with Crippen molar-refractivity contribution in [3.05, 3.63) is 61.4 Å². The van der Waals surface area contributed by atoms with Crippen molar-refractivity contribution in [2.24, 2.45) is 0 Å². The quantitative estimate of drug-likeness (QED) is 0.609. The topological polar surface area (TPSA) is 67.3 Å². The second-order valence-corrected chi connectivity index (χ2v) is 4.63. The number of nitrogens with zero attached hydrogens (tertiary/aromatic N) is 4. The summed E-state index contributed by atoms with van der Waals surface area (Å²) in [6.07, 6.45) is 10.8. The Labute approximate surface area is 120 Å². The molecule has 21 heavy (non-hydrogen) atoms. The van der Waals surface area contributed by atoms with Crippen LogP contribution in [-0.2, 0) is 0 Å². The molecule has 0 spiro atoms. The Balaban J connectivity index is 1.91. The van der Waals surface area contributed by atoms with Gasteiger partial charge in [0.25, 0.3) is 0 Å². The molecule has 4 heterocycles. The fourth-order valence-electron chi connectivity index (χ4n) is 2.30. The van der Waals surface area contributed by atoms with Gasteiger partial charge in [-0.3, -0.25) is 9.97 Å². The lowest BCUT2D eigenvalue weighted by molar-refractivity contribution is 1.25. The van der Waals surface area contributed by atoms with Gasteiger partial charge in [0.1, 0.15) is 5.52 Å². The highest BCUT2D eigenvalue weighted by molar-refractivity contribution is 5.91. The fourth-order valence-corrected chi connectivity index (χ4v) is 2.30. The van der Waals surface area contributed by atoms with E-state index in [0.29, 0.717) is 0 Å². The van der Waals surface area contributed by atoms with Gasteiger partial charge in [0, 0.05) is 47.7 Å². The number of aromatic nitrogens is 5. The van der Waals surface area contributed by atoms with Crippen LogP contribution < -0.4 is 0 Å². The molecule has 0 aliphatic rings. The molecule has 4 rings (SSSR count). The van der Waals surface area contributed by atoms with E-state index >= 15 is 0 Å².